The third kappa shape index (κ3) is 4.26. The van der Waals surface area contributed by atoms with Crippen molar-refractivity contribution in [3.05, 3.63) is 63.6 Å². The molecule has 1 saturated heterocycles. The second-order valence-corrected chi connectivity index (χ2v) is 9.66. The van der Waals surface area contributed by atoms with Crippen LogP contribution in [0, 0.1) is 6.92 Å². The van der Waals surface area contributed by atoms with Gasteiger partial charge in [-0.05, 0) is 64.0 Å². The molecule has 3 rings (SSSR count). The molecule has 1 atom stereocenters. The van der Waals surface area contributed by atoms with Crippen molar-refractivity contribution in [2.45, 2.75) is 45.6 Å². The van der Waals surface area contributed by atoms with Gasteiger partial charge < -0.3 is 10.6 Å². The van der Waals surface area contributed by atoms with Crippen LogP contribution in [0.5, 0.6) is 0 Å². The molecule has 0 saturated carbocycles. The number of aryl methyl sites for hydroxylation is 1. The van der Waals surface area contributed by atoms with E-state index in [4.69, 9.17) is 0 Å². The number of anilines is 1. The molecule has 0 spiro atoms. The van der Waals surface area contributed by atoms with E-state index in [-0.39, 0.29) is 12.0 Å². The fourth-order valence-corrected chi connectivity index (χ4v) is 3.99. The molecule has 0 aromatic heterocycles. The van der Waals surface area contributed by atoms with Crippen LogP contribution in [-0.2, 0) is 20.5 Å². The Bertz CT molecular complexity index is 1010. The summed E-state index contributed by atoms with van der Waals surface area (Å²) in [5.74, 6) is -0.899. The molecule has 7 heteroatoms. The zero-order valence-electron chi connectivity index (χ0n) is 17.8. The van der Waals surface area contributed by atoms with Gasteiger partial charge in [0.15, 0.2) is 0 Å². The minimum Gasteiger partial charge on any atom is -0.323 e. The maximum Gasteiger partial charge on any atom is 0.325 e. The summed E-state index contributed by atoms with van der Waals surface area (Å²) in [6, 6.07) is 12.6. The van der Waals surface area contributed by atoms with Gasteiger partial charge in [0.25, 0.3) is 5.91 Å². The molecule has 1 heterocycles. The Morgan fingerprint density at radius 2 is 1.77 bits per heavy atom. The molecule has 1 fully saturated rings. The number of halogens is 1. The van der Waals surface area contributed by atoms with Crippen LogP contribution < -0.4 is 10.6 Å². The van der Waals surface area contributed by atoms with E-state index in [0.29, 0.717) is 11.3 Å². The summed E-state index contributed by atoms with van der Waals surface area (Å²) in [6.45, 7) is 9.57. The molecule has 2 N–H and O–H groups in total. The SMILES string of the molecule is Cc1ccc(NC(=O)CN2C(=O)NC(C)(c3ccc(C(C)(C)C)cc3)C2=O)c(Br)c1. The summed E-state index contributed by atoms with van der Waals surface area (Å²) in [6.07, 6.45) is 0. The number of benzene rings is 2. The summed E-state index contributed by atoms with van der Waals surface area (Å²) >= 11 is 3.41. The maximum absolute atomic E-state index is 13.1. The van der Waals surface area contributed by atoms with Crippen LogP contribution >= 0.6 is 15.9 Å². The zero-order valence-corrected chi connectivity index (χ0v) is 19.4. The number of carbonyl (C=O) groups is 3. The van der Waals surface area contributed by atoms with Crippen LogP contribution in [0.3, 0.4) is 0 Å². The van der Waals surface area contributed by atoms with Crippen molar-refractivity contribution < 1.29 is 14.4 Å². The minimum atomic E-state index is -1.21. The van der Waals surface area contributed by atoms with Crippen molar-refractivity contribution in [2.24, 2.45) is 0 Å². The average Bonchev–Trinajstić information content (AvgIpc) is 2.87. The number of nitrogens with zero attached hydrogens (tertiary/aromatic N) is 1. The van der Waals surface area contributed by atoms with Crippen molar-refractivity contribution in [1.82, 2.24) is 10.2 Å². The molecule has 1 unspecified atom stereocenters. The van der Waals surface area contributed by atoms with Gasteiger partial charge in [0.2, 0.25) is 5.91 Å². The van der Waals surface area contributed by atoms with Crippen LogP contribution in [0.2, 0.25) is 0 Å². The van der Waals surface area contributed by atoms with Gasteiger partial charge in [-0.25, -0.2) is 4.79 Å². The van der Waals surface area contributed by atoms with Gasteiger partial charge in [0, 0.05) is 4.47 Å². The number of hydrogen-bond acceptors (Lipinski definition) is 3. The summed E-state index contributed by atoms with van der Waals surface area (Å²) in [5, 5.41) is 5.48. The van der Waals surface area contributed by atoms with E-state index in [1.165, 1.54) is 0 Å². The molecular formula is C23H26BrN3O3. The lowest BCUT2D eigenvalue weighted by atomic mass is 9.84. The summed E-state index contributed by atoms with van der Waals surface area (Å²) in [5.41, 5.74) is 2.21. The van der Waals surface area contributed by atoms with E-state index in [9.17, 15) is 14.4 Å². The van der Waals surface area contributed by atoms with E-state index in [1.807, 2.05) is 43.3 Å². The normalized spacial score (nSPS) is 19.1. The lowest BCUT2D eigenvalue weighted by Crippen LogP contribution is -2.42. The zero-order chi connectivity index (χ0) is 22.3. The van der Waals surface area contributed by atoms with Gasteiger partial charge in [-0.3, -0.25) is 14.5 Å². The van der Waals surface area contributed by atoms with Gasteiger partial charge in [0.05, 0.1) is 5.69 Å². The maximum atomic E-state index is 13.1. The Hall–Kier alpha value is -2.67. The van der Waals surface area contributed by atoms with E-state index in [0.717, 1.165) is 20.5 Å². The van der Waals surface area contributed by atoms with Crippen LogP contribution in [0.1, 0.15) is 44.4 Å². The van der Waals surface area contributed by atoms with Crippen molar-refractivity contribution >= 4 is 39.5 Å². The molecule has 0 radical (unpaired) electrons. The highest BCUT2D eigenvalue weighted by atomic mass is 79.9. The fraction of sp³-hybridized carbons (Fsp3) is 0.348. The van der Waals surface area contributed by atoms with Crippen molar-refractivity contribution in [3.8, 4) is 0 Å². The molecule has 2 aromatic carbocycles. The average molecular weight is 472 g/mol. The highest BCUT2D eigenvalue weighted by Crippen LogP contribution is 2.31. The predicted molar refractivity (Wildman–Crippen MR) is 120 cm³/mol. The first-order chi connectivity index (χ1) is 13.9. The van der Waals surface area contributed by atoms with Gasteiger partial charge in [-0.15, -0.1) is 0 Å². The van der Waals surface area contributed by atoms with E-state index < -0.39 is 23.4 Å². The molecule has 0 bridgehead atoms. The number of rotatable bonds is 4. The molecule has 158 valence electrons. The molecular weight excluding hydrogens is 446 g/mol. The molecule has 4 amide bonds. The Balaban J connectivity index is 1.76. The van der Waals surface area contributed by atoms with E-state index >= 15 is 0 Å². The standard InChI is InChI=1S/C23H26BrN3O3/c1-14-6-11-18(17(24)12-14)25-19(28)13-27-20(29)23(5,26-21(27)30)16-9-7-15(8-10-16)22(2,3)4/h6-12H,13H2,1-5H3,(H,25,28)(H,26,30). The van der Waals surface area contributed by atoms with E-state index in [1.54, 1.807) is 13.0 Å². The number of nitrogens with one attached hydrogen (secondary N) is 2. The van der Waals surface area contributed by atoms with Gasteiger partial charge >= 0.3 is 6.03 Å². The highest BCUT2D eigenvalue weighted by Gasteiger charge is 2.49. The van der Waals surface area contributed by atoms with E-state index in [2.05, 4.69) is 47.3 Å². The van der Waals surface area contributed by atoms with Gasteiger partial charge in [-0.1, -0.05) is 51.1 Å². The van der Waals surface area contributed by atoms with Crippen molar-refractivity contribution in [3.63, 3.8) is 0 Å². The summed E-state index contributed by atoms with van der Waals surface area (Å²) in [7, 11) is 0. The third-order valence-electron chi connectivity index (χ3n) is 5.30. The first-order valence-electron chi connectivity index (χ1n) is 9.73. The monoisotopic (exact) mass is 471 g/mol. The first kappa shape index (κ1) is 22.0. The van der Waals surface area contributed by atoms with Crippen LogP contribution in [-0.4, -0.2) is 29.3 Å². The molecule has 2 aromatic rings. The summed E-state index contributed by atoms with van der Waals surface area (Å²) < 4.78 is 0.733. The molecule has 0 aliphatic carbocycles. The van der Waals surface area contributed by atoms with Crippen LogP contribution in [0.25, 0.3) is 0 Å². The second-order valence-electron chi connectivity index (χ2n) is 8.81. The quantitative estimate of drug-likeness (QED) is 0.645. The smallest absolute Gasteiger partial charge is 0.323 e. The molecule has 6 nitrogen and oxygen atoms in total. The molecule has 1 aliphatic heterocycles. The predicted octanol–water partition coefficient (Wildman–Crippen LogP) is 4.46. The second kappa shape index (κ2) is 7.87. The number of hydrogen-bond donors (Lipinski definition) is 2. The van der Waals surface area contributed by atoms with Gasteiger partial charge in [0.1, 0.15) is 12.1 Å². The topological polar surface area (TPSA) is 78.5 Å². The number of urea groups is 1. The number of carbonyl (C=O) groups excluding carboxylic acids is 3. The van der Waals surface area contributed by atoms with Crippen LogP contribution in [0.15, 0.2) is 46.9 Å². The highest BCUT2D eigenvalue weighted by molar-refractivity contribution is 9.10. The largest absolute Gasteiger partial charge is 0.325 e. The van der Waals surface area contributed by atoms with Crippen molar-refractivity contribution in [2.75, 3.05) is 11.9 Å². The summed E-state index contributed by atoms with van der Waals surface area (Å²) in [4.78, 5) is 39.0. The Kier molecular flexibility index (Phi) is 5.78. The van der Waals surface area contributed by atoms with Crippen molar-refractivity contribution in [1.29, 1.82) is 0 Å². The molecule has 1 aliphatic rings. The Labute approximate surface area is 185 Å². The van der Waals surface area contributed by atoms with Crippen LogP contribution in [0.4, 0.5) is 10.5 Å². The Morgan fingerprint density at radius 1 is 1.13 bits per heavy atom. The minimum absolute atomic E-state index is 0.0171. The lowest BCUT2D eigenvalue weighted by molar-refractivity contribution is -0.133. The van der Waals surface area contributed by atoms with Gasteiger partial charge in [-0.2, -0.15) is 0 Å². The fourth-order valence-electron chi connectivity index (χ4n) is 3.39. The Morgan fingerprint density at radius 3 is 2.33 bits per heavy atom. The molecule has 30 heavy (non-hydrogen) atoms. The first-order valence-corrected chi connectivity index (χ1v) is 10.5. The third-order valence-corrected chi connectivity index (χ3v) is 5.96. The lowest BCUT2D eigenvalue weighted by Gasteiger charge is -2.24. The number of amides is 4. The number of imide groups is 1.